The SMILES string of the molecule is CO[C@H]1C(=O)N2C(C(=O)OC(C)(C)C)=C(C)/C(=C\C3CCCC3)S(=O)(=O)[C@@H]12. The van der Waals surface area contributed by atoms with E-state index in [0.717, 1.165) is 30.6 Å². The Kier molecular flexibility index (Phi) is 5.01. The molecule has 150 valence electrons. The molecule has 1 amide bonds. The molecule has 0 spiro atoms. The first-order valence-corrected chi connectivity index (χ1v) is 10.8. The molecule has 1 aliphatic carbocycles. The van der Waals surface area contributed by atoms with Gasteiger partial charge in [-0.1, -0.05) is 18.9 Å². The minimum Gasteiger partial charge on any atom is -0.455 e. The van der Waals surface area contributed by atoms with Crippen molar-refractivity contribution in [2.45, 2.75) is 70.5 Å². The highest BCUT2D eigenvalue weighted by atomic mass is 32.2. The van der Waals surface area contributed by atoms with Crippen LogP contribution in [0.25, 0.3) is 0 Å². The van der Waals surface area contributed by atoms with Gasteiger partial charge in [0, 0.05) is 7.11 Å². The number of hydrogen-bond donors (Lipinski definition) is 0. The summed E-state index contributed by atoms with van der Waals surface area (Å²) in [7, 11) is -2.53. The molecule has 0 aromatic carbocycles. The lowest BCUT2D eigenvalue weighted by Crippen LogP contribution is -2.70. The minimum absolute atomic E-state index is 0.00676. The Hall–Kier alpha value is -1.67. The quantitative estimate of drug-likeness (QED) is 0.536. The van der Waals surface area contributed by atoms with Gasteiger partial charge in [-0.15, -0.1) is 0 Å². The summed E-state index contributed by atoms with van der Waals surface area (Å²) in [6.45, 7) is 6.75. The van der Waals surface area contributed by atoms with E-state index in [1.54, 1.807) is 33.8 Å². The maximum Gasteiger partial charge on any atom is 0.355 e. The smallest absolute Gasteiger partial charge is 0.355 e. The summed E-state index contributed by atoms with van der Waals surface area (Å²) in [5, 5.41) is -1.21. The van der Waals surface area contributed by atoms with E-state index in [2.05, 4.69) is 0 Å². The van der Waals surface area contributed by atoms with Gasteiger partial charge in [0.25, 0.3) is 5.91 Å². The van der Waals surface area contributed by atoms with Crippen molar-refractivity contribution in [3.8, 4) is 0 Å². The number of nitrogens with zero attached hydrogens (tertiary/aromatic N) is 1. The maximum absolute atomic E-state index is 13.2. The Morgan fingerprint density at radius 3 is 2.33 bits per heavy atom. The second-order valence-corrected chi connectivity index (χ2v) is 10.4. The van der Waals surface area contributed by atoms with Gasteiger partial charge in [0.05, 0.1) is 4.91 Å². The van der Waals surface area contributed by atoms with Crippen LogP contribution in [0.2, 0.25) is 0 Å². The normalized spacial score (nSPS) is 29.7. The number of carbonyl (C=O) groups is 2. The summed E-state index contributed by atoms with van der Waals surface area (Å²) in [4.78, 5) is 26.4. The van der Waals surface area contributed by atoms with E-state index in [9.17, 15) is 18.0 Å². The zero-order valence-corrected chi connectivity index (χ0v) is 17.3. The third kappa shape index (κ3) is 3.33. The van der Waals surface area contributed by atoms with Gasteiger partial charge in [0.2, 0.25) is 9.84 Å². The van der Waals surface area contributed by atoms with Crippen LogP contribution in [-0.2, 0) is 28.9 Å². The topological polar surface area (TPSA) is 90.0 Å². The fourth-order valence-corrected chi connectivity index (χ4v) is 6.18. The Labute approximate surface area is 160 Å². The number of esters is 1. The lowest BCUT2D eigenvalue weighted by Gasteiger charge is -2.49. The predicted octanol–water partition coefficient (Wildman–Crippen LogP) is 2.29. The number of sulfone groups is 1. The van der Waals surface area contributed by atoms with E-state index in [0.29, 0.717) is 0 Å². The Balaban J connectivity index is 2.13. The highest BCUT2D eigenvalue weighted by Crippen LogP contribution is 2.44. The van der Waals surface area contributed by atoms with Gasteiger partial charge in [0.15, 0.2) is 11.5 Å². The number of carbonyl (C=O) groups excluding carboxylic acids is 2. The fourth-order valence-electron chi connectivity index (χ4n) is 3.97. The first-order chi connectivity index (χ1) is 12.5. The van der Waals surface area contributed by atoms with Crippen LogP contribution in [0.4, 0.5) is 0 Å². The molecule has 3 aliphatic rings. The van der Waals surface area contributed by atoms with E-state index in [1.165, 1.54) is 7.11 Å². The molecule has 2 aliphatic heterocycles. The molecule has 2 heterocycles. The summed E-state index contributed by atoms with van der Waals surface area (Å²) >= 11 is 0. The van der Waals surface area contributed by atoms with Crippen molar-refractivity contribution < 1.29 is 27.5 Å². The summed E-state index contributed by atoms with van der Waals surface area (Å²) in [6, 6.07) is 0. The molecule has 27 heavy (non-hydrogen) atoms. The van der Waals surface area contributed by atoms with Crippen LogP contribution in [0.1, 0.15) is 53.4 Å². The number of β-lactam (4-membered cyclic amide) rings is 1. The Morgan fingerprint density at radius 2 is 1.81 bits per heavy atom. The Bertz CT molecular complexity index is 827. The second kappa shape index (κ2) is 6.74. The van der Waals surface area contributed by atoms with Crippen LogP contribution in [0, 0.1) is 5.92 Å². The standard InChI is InChI=1S/C19H27NO6S/c1-11-13(10-12-8-6-7-9-12)27(23,24)17-15(25-5)16(21)20(17)14(11)18(22)26-19(2,3)4/h10,12,15,17H,6-9H2,1-5H3/b13-10+/t15-,17-/m0/s1. The third-order valence-corrected chi connectivity index (χ3v) is 7.37. The molecule has 0 unspecified atom stereocenters. The molecule has 0 aromatic rings. The monoisotopic (exact) mass is 397 g/mol. The van der Waals surface area contributed by atoms with Crippen molar-refractivity contribution in [1.29, 1.82) is 0 Å². The molecule has 0 aromatic heterocycles. The van der Waals surface area contributed by atoms with Gasteiger partial charge < -0.3 is 9.47 Å². The van der Waals surface area contributed by atoms with Crippen molar-refractivity contribution >= 4 is 21.7 Å². The number of rotatable bonds is 3. The third-order valence-electron chi connectivity index (χ3n) is 5.22. The van der Waals surface area contributed by atoms with Crippen molar-refractivity contribution in [1.82, 2.24) is 4.90 Å². The second-order valence-electron chi connectivity index (χ2n) is 8.35. The van der Waals surface area contributed by atoms with Crippen LogP contribution >= 0.6 is 0 Å². The molecule has 0 bridgehead atoms. The van der Waals surface area contributed by atoms with Crippen LogP contribution in [0.3, 0.4) is 0 Å². The van der Waals surface area contributed by atoms with E-state index in [1.807, 2.05) is 0 Å². The summed E-state index contributed by atoms with van der Waals surface area (Å²) in [6.07, 6.45) is 4.63. The van der Waals surface area contributed by atoms with E-state index >= 15 is 0 Å². The van der Waals surface area contributed by atoms with Crippen LogP contribution < -0.4 is 0 Å². The van der Waals surface area contributed by atoms with E-state index in [4.69, 9.17) is 9.47 Å². The highest BCUT2D eigenvalue weighted by Gasteiger charge is 2.62. The van der Waals surface area contributed by atoms with E-state index in [-0.39, 0.29) is 22.1 Å². The predicted molar refractivity (Wildman–Crippen MR) is 98.9 cm³/mol. The first kappa shape index (κ1) is 20.1. The van der Waals surface area contributed by atoms with Crippen LogP contribution in [0.5, 0.6) is 0 Å². The number of methoxy groups -OCH3 is 1. The molecular formula is C19H27NO6S. The van der Waals surface area contributed by atoms with Crippen LogP contribution in [-0.4, -0.2) is 49.4 Å². The molecular weight excluding hydrogens is 370 g/mol. The van der Waals surface area contributed by atoms with Crippen molar-refractivity contribution in [2.75, 3.05) is 7.11 Å². The number of amides is 1. The summed E-state index contributed by atoms with van der Waals surface area (Å²) < 4.78 is 37.0. The van der Waals surface area contributed by atoms with Gasteiger partial charge in [0.1, 0.15) is 11.3 Å². The Morgan fingerprint density at radius 1 is 1.22 bits per heavy atom. The lowest BCUT2D eigenvalue weighted by atomic mass is 10.0. The fraction of sp³-hybridized carbons (Fsp3) is 0.684. The molecule has 2 fully saturated rings. The number of fused-ring (bicyclic) bond motifs is 1. The molecule has 0 radical (unpaired) electrons. The molecule has 3 rings (SSSR count). The molecule has 2 atom stereocenters. The van der Waals surface area contributed by atoms with Gasteiger partial charge in [-0.25, -0.2) is 13.2 Å². The zero-order valence-electron chi connectivity index (χ0n) is 16.4. The summed E-state index contributed by atoms with van der Waals surface area (Å²) in [5.74, 6) is -1.07. The molecule has 1 saturated carbocycles. The minimum atomic E-state index is -3.83. The number of hydrogen-bond acceptors (Lipinski definition) is 6. The maximum atomic E-state index is 13.2. The van der Waals surface area contributed by atoms with E-state index < -0.39 is 38.8 Å². The molecule has 0 N–H and O–H groups in total. The molecule has 8 heteroatoms. The number of allylic oxidation sites excluding steroid dienone is 2. The molecule has 7 nitrogen and oxygen atoms in total. The van der Waals surface area contributed by atoms with Crippen molar-refractivity contribution in [3.63, 3.8) is 0 Å². The first-order valence-electron chi connectivity index (χ1n) is 9.25. The lowest BCUT2D eigenvalue weighted by molar-refractivity contribution is -0.167. The largest absolute Gasteiger partial charge is 0.455 e. The van der Waals surface area contributed by atoms with Gasteiger partial charge in [-0.2, -0.15) is 0 Å². The highest BCUT2D eigenvalue weighted by molar-refractivity contribution is 7.96. The van der Waals surface area contributed by atoms with Gasteiger partial charge in [-0.3, -0.25) is 9.69 Å². The number of ether oxygens (including phenoxy) is 2. The van der Waals surface area contributed by atoms with Crippen molar-refractivity contribution in [3.05, 3.63) is 22.3 Å². The van der Waals surface area contributed by atoms with Crippen LogP contribution in [0.15, 0.2) is 22.3 Å². The van der Waals surface area contributed by atoms with Gasteiger partial charge in [-0.05, 0) is 52.0 Å². The zero-order chi connectivity index (χ0) is 20.1. The summed E-state index contributed by atoms with van der Waals surface area (Å²) in [5.41, 5.74) is -0.484. The van der Waals surface area contributed by atoms with Gasteiger partial charge >= 0.3 is 5.97 Å². The van der Waals surface area contributed by atoms with Crippen molar-refractivity contribution in [2.24, 2.45) is 5.92 Å². The molecule has 1 saturated heterocycles. The average molecular weight is 397 g/mol. The average Bonchev–Trinajstić information content (AvgIpc) is 3.04.